The largest absolute Gasteiger partial charge is 0.371 e. The van der Waals surface area contributed by atoms with E-state index in [1.807, 2.05) is 12.1 Å². The molecule has 20 heavy (non-hydrogen) atoms. The quantitative estimate of drug-likeness (QED) is 0.849. The summed E-state index contributed by atoms with van der Waals surface area (Å²) < 4.78 is 5.91. The van der Waals surface area contributed by atoms with Crippen molar-refractivity contribution >= 4 is 11.6 Å². The van der Waals surface area contributed by atoms with Crippen LogP contribution in [0.4, 0.5) is 0 Å². The first kappa shape index (κ1) is 14.3. The maximum Gasteiger partial charge on any atom is 0.0952 e. The van der Waals surface area contributed by atoms with Crippen LogP contribution in [-0.4, -0.2) is 55.7 Å². The third kappa shape index (κ3) is 3.73. The van der Waals surface area contributed by atoms with Gasteiger partial charge in [0.2, 0.25) is 0 Å². The number of nitrogens with zero attached hydrogens (tertiary/aromatic N) is 2. The molecule has 0 saturated carbocycles. The van der Waals surface area contributed by atoms with Gasteiger partial charge in [0.1, 0.15) is 0 Å². The number of ether oxygens (including phenoxy) is 1. The van der Waals surface area contributed by atoms with Crippen molar-refractivity contribution in [2.24, 2.45) is 0 Å². The van der Waals surface area contributed by atoms with Gasteiger partial charge in [0.15, 0.2) is 0 Å². The highest BCUT2D eigenvalue weighted by Crippen LogP contribution is 2.23. The monoisotopic (exact) mass is 294 g/mol. The van der Waals surface area contributed by atoms with Gasteiger partial charge in [-0.1, -0.05) is 23.7 Å². The van der Waals surface area contributed by atoms with Gasteiger partial charge in [-0.2, -0.15) is 0 Å². The fraction of sp³-hybridized carbons (Fsp3) is 0.625. The lowest BCUT2D eigenvalue weighted by atomic mass is 10.1. The molecule has 0 radical (unpaired) electrons. The molecule has 2 fully saturated rings. The van der Waals surface area contributed by atoms with E-state index in [2.05, 4.69) is 21.9 Å². The second-order valence-electron chi connectivity index (χ2n) is 5.76. The minimum Gasteiger partial charge on any atom is -0.371 e. The van der Waals surface area contributed by atoms with Gasteiger partial charge in [-0.15, -0.1) is 0 Å². The Kier molecular flexibility index (Phi) is 4.94. The molecule has 2 aliphatic heterocycles. The molecule has 0 aromatic heterocycles. The number of hydrogen-bond acceptors (Lipinski definition) is 3. The number of benzene rings is 1. The van der Waals surface area contributed by atoms with Gasteiger partial charge in [0, 0.05) is 31.2 Å². The normalized spacial score (nSPS) is 25.1. The smallest absolute Gasteiger partial charge is 0.0952 e. The third-order valence-electron chi connectivity index (χ3n) is 4.32. The Labute approximate surface area is 126 Å². The first-order valence-electron chi connectivity index (χ1n) is 7.63. The maximum atomic E-state index is 5.94. The fourth-order valence-corrected chi connectivity index (χ4v) is 3.20. The predicted molar refractivity (Wildman–Crippen MR) is 82.3 cm³/mol. The minimum absolute atomic E-state index is 0.194. The summed E-state index contributed by atoms with van der Waals surface area (Å²) in [5.74, 6) is 0. The Balaban J connectivity index is 1.51. The number of likely N-dealkylation sites (tertiary alicyclic amines) is 1. The summed E-state index contributed by atoms with van der Waals surface area (Å²) in [7, 11) is 0. The molecule has 3 rings (SSSR count). The van der Waals surface area contributed by atoms with Crippen LogP contribution in [0.2, 0.25) is 5.02 Å². The maximum absolute atomic E-state index is 5.94. The van der Waals surface area contributed by atoms with Crippen molar-refractivity contribution in [3.8, 4) is 0 Å². The summed E-state index contributed by atoms with van der Waals surface area (Å²) in [5, 5.41) is 0.787. The highest BCUT2D eigenvalue weighted by molar-refractivity contribution is 6.30. The molecule has 1 aromatic carbocycles. The van der Waals surface area contributed by atoms with E-state index in [0.29, 0.717) is 0 Å². The van der Waals surface area contributed by atoms with Crippen LogP contribution in [0.25, 0.3) is 0 Å². The molecule has 1 aromatic rings. The van der Waals surface area contributed by atoms with Crippen molar-refractivity contribution < 1.29 is 4.74 Å². The zero-order valence-corrected chi connectivity index (χ0v) is 12.7. The van der Waals surface area contributed by atoms with Crippen LogP contribution in [0.3, 0.4) is 0 Å². The average molecular weight is 295 g/mol. The molecule has 0 spiro atoms. The summed E-state index contributed by atoms with van der Waals surface area (Å²) >= 11 is 5.94. The first-order valence-corrected chi connectivity index (χ1v) is 8.01. The van der Waals surface area contributed by atoms with Gasteiger partial charge >= 0.3 is 0 Å². The number of halogens is 1. The molecule has 2 aliphatic rings. The van der Waals surface area contributed by atoms with Crippen molar-refractivity contribution in [3.05, 3.63) is 34.9 Å². The summed E-state index contributed by atoms with van der Waals surface area (Å²) in [6.45, 7) is 7.80. The molecule has 0 bridgehead atoms. The van der Waals surface area contributed by atoms with E-state index in [1.165, 1.54) is 38.0 Å². The van der Waals surface area contributed by atoms with Gasteiger partial charge in [0.05, 0.1) is 12.7 Å². The van der Waals surface area contributed by atoms with Crippen molar-refractivity contribution in [1.82, 2.24) is 9.80 Å². The molecule has 2 saturated heterocycles. The summed E-state index contributed by atoms with van der Waals surface area (Å²) in [4.78, 5) is 5.11. The van der Waals surface area contributed by atoms with Crippen LogP contribution in [0.15, 0.2) is 24.3 Å². The Morgan fingerprint density at radius 3 is 2.45 bits per heavy atom. The minimum atomic E-state index is 0.194. The van der Waals surface area contributed by atoms with E-state index in [1.54, 1.807) is 0 Å². The van der Waals surface area contributed by atoms with E-state index >= 15 is 0 Å². The highest BCUT2D eigenvalue weighted by atomic mass is 35.5. The van der Waals surface area contributed by atoms with Crippen LogP contribution in [0, 0.1) is 0 Å². The zero-order valence-electron chi connectivity index (χ0n) is 11.9. The molecule has 3 nitrogen and oxygen atoms in total. The number of hydrogen-bond donors (Lipinski definition) is 0. The lowest BCUT2D eigenvalue weighted by Gasteiger charge is -2.34. The van der Waals surface area contributed by atoms with Crippen LogP contribution in [-0.2, 0) is 4.74 Å². The molecular formula is C16H23ClN2O. The van der Waals surface area contributed by atoms with Crippen molar-refractivity contribution in [3.63, 3.8) is 0 Å². The van der Waals surface area contributed by atoms with Crippen LogP contribution < -0.4 is 0 Å². The molecule has 0 N–H and O–H groups in total. The standard InChI is InChI=1S/C16H23ClN2O/c17-15-5-3-14(4-6-15)16-13-19(11-12-20-16)10-9-18-7-1-2-8-18/h3-6,16H,1-2,7-13H2/t16-/m0/s1. The molecular weight excluding hydrogens is 272 g/mol. The van der Waals surface area contributed by atoms with Crippen molar-refractivity contribution in [2.45, 2.75) is 18.9 Å². The molecule has 4 heteroatoms. The number of rotatable bonds is 4. The molecule has 0 aliphatic carbocycles. The molecule has 0 unspecified atom stereocenters. The topological polar surface area (TPSA) is 15.7 Å². The summed E-state index contributed by atoms with van der Waals surface area (Å²) in [5.41, 5.74) is 1.24. The molecule has 1 atom stereocenters. The Hall–Kier alpha value is -0.610. The van der Waals surface area contributed by atoms with Crippen molar-refractivity contribution in [1.29, 1.82) is 0 Å². The second-order valence-corrected chi connectivity index (χ2v) is 6.20. The Bertz CT molecular complexity index is 417. The second kappa shape index (κ2) is 6.90. The molecule has 2 heterocycles. The fourth-order valence-electron chi connectivity index (χ4n) is 3.07. The van der Waals surface area contributed by atoms with Crippen molar-refractivity contribution in [2.75, 3.05) is 45.9 Å². The van der Waals surface area contributed by atoms with Crippen LogP contribution in [0.5, 0.6) is 0 Å². The highest BCUT2D eigenvalue weighted by Gasteiger charge is 2.22. The number of morpholine rings is 1. The molecule has 0 amide bonds. The van der Waals surface area contributed by atoms with Crippen LogP contribution in [0.1, 0.15) is 24.5 Å². The van der Waals surface area contributed by atoms with Gasteiger partial charge < -0.3 is 9.64 Å². The Morgan fingerprint density at radius 1 is 1.00 bits per heavy atom. The molecule has 110 valence electrons. The Morgan fingerprint density at radius 2 is 1.70 bits per heavy atom. The van der Waals surface area contributed by atoms with E-state index in [0.717, 1.165) is 31.3 Å². The average Bonchev–Trinajstić information content (AvgIpc) is 3.00. The van der Waals surface area contributed by atoms with Gasteiger partial charge in [-0.25, -0.2) is 0 Å². The first-order chi connectivity index (χ1) is 9.81. The SMILES string of the molecule is Clc1ccc([C@@H]2CN(CCN3CCCC3)CCO2)cc1. The zero-order chi connectivity index (χ0) is 13.8. The lowest BCUT2D eigenvalue weighted by Crippen LogP contribution is -2.42. The summed E-state index contributed by atoms with van der Waals surface area (Å²) in [6.07, 6.45) is 2.94. The van der Waals surface area contributed by atoms with E-state index in [-0.39, 0.29) is 6.10 Å². The lowest BCUT2D eigenvalue weighted by molar-refractivity contribution is -0.0316. The third-order valence-corrected chi connectivity index (χ3v) is 4.58. The summed E-state index contributed by atoms with van der Waals surface area (Å²) in [6, 6.07) is 8.06. The van der Waals surface area contributed by atoms with E-state index in [4.69, 9.17) is 16.3 Å². The predicted octanol–water partition coefficient (Wildman–Crippen LogP) is 2.81. The van der Waals surface area contributed by atoms with E-state index in [9.17, 15) is 0 Å². The van der Waals surface area contributed by atoms with E-state index < -0.39 is 0 Å². The van der Waals surface area contributed by atoms with Crippen LogP contribution >= 0.6 is 11.6 Å². The van der Waals surface area contributed by atoms with Gasteiger partial charge in [-0.3, -0.25) is 4.90 Å². The van der Waals surface area contributed by atoms with Gasteiger partial charge in [0.25, 0.3) is 0 Å². The van der Waals surface area contributed by atoms with Gasteiger partial charge in [-0.05, 0) is 43.6 Å².